The largest absolute Gasteiger partial charge is 0.202 e. The van der Waals surface area contributed by atoms with Gasteiger partial charge in [-0.2, -0.15) is 5.26 Å². The Bertz CT molecular complexity index is 127. The highest BCUT2D eigenvalue weighted by atomic mass is 14.2. The molecule has 0 spiro atoms. The molecule has 0 radical (unpaired) electrons. The molecule has 0 aliphatic heterocycles. The van der Waals surface area contributed by atoms with E-state index in [0.29, 0.717) is 0 Å². The van der Waals surface area contributed by atoms with Crippen LogP contribution in [0, 0.1) is 29.1 Å². The van der Waals surface area contributed by atoms with Gasteiger partial charge in [0.2, 0.25) is 0 Å². The molecule has 0 aromatic heterocycles. The smallest absolute Gasteiger partial charge is 0.0587 e. The molecule has 0 heterocycles. The summed E-state index contributed by atoms with van der Waals surface area (Å²) in [7, 11) is 0. The summed E-state index contributed by atoms with van der Waals surface area (Å²) in [5.74, 6) is 1.04. The Labute approximate surface area is 75.8 Å². The highest BCUT2D eigenvalue weighted by molar-refractivity contribution is 4.59. The molecule has 0 aromatic carbocycles. The topological polar surface area (TPSA) is 47.6 Å². The van der Waals surface area contributed by atoms with Gasteiger partial charge in [-0.05, 0) is 5.92 Å². The van der Waals surface area contributed by atoms with Crippen molar-refractivity contribution in [3.05, 3.63) is 0 Å². The van der Waals surface area contributed by atoms with Gasteiger partial charge in [0.1, 0.15) is 0 Å². The maximum Gasteiger partial charge on any atom is 0.0587 e. The van der Waals surface area contributed by atoms with E-state index in [1.807, 2.05) is 0 Å². The lowest BCUT2D eigenvalue weighted by Crippen LogP contribution is -1.99. The number of nitrogens with zero attached hydrogens (tertiary/aromatic N) is 2. The van der Waals surface area contributed by atoms with Gasteiger partial charge in [-0.25, -0.2) is 5.26 Å². The lowest BCUT2D eigenvalue weighted by molar-refractivity contribution is 0.385. The fourth-order valence-corrected chi connectivity index (χ4v) is 1.31. The molecule has 68 valence electrons. The first-order valence-electron chi connectivity index (χ1n) is 4.38. The first-order chi connectivity index (χ1) is 5.81. The molecule has 2 heteroatoms. The fourth-order valence-electron chi connectivity index (χ4n) is 1.31. The molecule has 0 atom stereocenters. The van der Waals surface area contributed by atoms with Gasteiger partial charge in [0.25, 0.3) is 0 Å². The Morgan fingerprint density at radius 1 is 1.17 bits per heavy atom. The normalized spacial score (nSPS) is 15.6. The molecule has 12 heavy (non-hydrogen) atoms. The molecule has 2 nitrogen and oxygen atoms in total. The number of rotatable bonds is 0. The molecule has 0 unspecified atom stereocenters. The molecule has 1 rings (SSSR count). The summed E-state index contributed by atoms with van der Waals surface area (Å²) >= 11 is 0. The summed E-state index contributed by atoms with van der Waals surface area (Å²) in [6, 6.07) is 1.75. The Hall–Kier alpha value is -1.02. The first-order valence-corrected chi connectivity index (χ1v) is 4.38. The predicted molar refractivity (Wildman–Crippen MR) is 50.2 cm³/mol. The molecule has 0 bridgehead atoms. The molecule has 1 aliphatic rings. The summed E-state index contributed by atoms with van der Waals surface area (Å²) in [6.07, 6.45) is 7.44. The van der Waals surface area contributed by atoms with E-state index in [1.165, 1.54) is 39.0 Å². The summed E-state index contributed by atoms with van der Waals surface area (Å²) in [5, 5.41) is 13.8. The molecule has 1 aliphatic carbocycles. The first kappa shape index (κ1) is 13.6. The Morgan fingerprint density at radius 2 is 1.50 bits per heavy atom. The van der Waals surface area contributed by atoms with Crippen LogP contribution in [0.4, 0.5) is 0 Å². The maximum absolute atomic E-state index is 7.32. The fraction of sp³-hybridized carbons (Fsp3) is 0.800. The zero-order valence-corrected chi connectivity index (χ0v) is 8.08. The second-order valence-electron chi connectivity index (χ2n) is 2.97. The average molecular weight is 166 g/mol. The Morgan fingerprint density at radius 3 is 1.67 bits per heavy atom. The van der Waals surface area contributed by atoms with E-state index in [0.717, 1.165) is 5.92 Å². The minimum Gasteiger partial charge on any atom is -0.202 e. The summed E-state index contributed by atoms with van der Waals surface area (Å²) in [6.45, 7) is 7.29. The van der Waals surface area contributed by atoms with Crippen molar-refractivity contribution in [3.8, 4) is 12.6 Å². The Balaban J connectivity index is 0. The van der Waals surface area contributed by atoms with E-state index < -0.39 is 0 Å². The second-order valence-corrected chi connectivity index (χ2v) is 2.97. The number of hydrogen-bond donors (Lipinski definition) is 0. The van der Waals surface area contributed by atoms with Crippen LogP contribution in [0.2, 0.25) is 0 Å². The van der Waals surface area contributed by atoms with Crippen LogP contribution >= 0.6 is 0 Å². The van der Waals surface area contributed by atoms with Gasteiger partial charge in [-0.15, -0.1) is 0 Å². The Kier molecular flexibility index (Phi) is 14.3. The van der Waals surface area contributed by atoms with Gasteiger partial charge in [-0.3, -0.25) is 0 Å². The van der Waals surface area contributed by atoms with Gasteiger partial charge in [0, 0.05) is 13.5 Å². The van der Waals surface area contributed by atoms with Gasteiger partial charge in [0.05, 0.1) is 6.07 Å². The molecule has 0 N–H and O–H groups in total. The monoisotopic (exact) mass is 166 g/mol. The van der Waals surface area contributed by atoms with Crippen LogP contribution in [0.5, 0.6) is 0 Å². The van der Waals surface area contributed by atoms with Crippen LogP contribution in [0.25, 0.3) is 0 Å². The van der Waals surface area contributed by atoms with Crippen LogP contribution in [0.15, 0.2) is 0 Å². The highest BCUT2D eigenvalue weighted by Gasteiger charge is 2.05. The van der Waals surface area contributed by atoms with Crippen molar-refractivity contribution < 1.29 is 0 Å². The van der Waals surface area contributed by atoms with Crippen molar-refractivity contribution in [3.63, 3.8) is 0 Å². The average Bonchev–Trinajstić information content (AvgIpc) is 2.11. The van der Waals surface area contributed by atoms with Crippen molar-refractivity contribution in [2.75, 3.05) is 0 Å². The van der Waals surface area contributed by atoms with E-state index in [1.54, 1.807) is 6.07 Å². The molecular formula is C10H18N2. The summed E-state index contributed by atoms with van der Waals surface area (Å²) in [4.78, 5) is 0. The lowest BCUT2D eigenvalue weighted by atomic mass is 9.91. The molecule has 1 fully saturated rings. The third-order valence-corrected chi connectivity index (χ3v) is 1.89. The van der Waals surface area contributed by atoms with Crippen LogP contribution in [-0.4, -0.2) is 0 Å². The number of hydrogen-bond acceptors (Lipinski definition) is 2. The van der Waals surface area contributed by atoms with Crippen molar-refractivity contribution >= 4 is 0 Å². The van der Waals surface area contributed by atoms with E-state index in [-0.39, 0.29) is 0 Å². The van der Waals surface area contributed by atoms with Crippen LogP contribution in [0.1, 0.15) is 46.0 Å². The molecule has 0 amide bonds. The maximum atomic E-state index is 7.32. The van der Waals surface area contributed by atoms with E-state index in [4.69, 9.17) is 10.5 Å². The predicted octanol–water partition coefficient (Wildman–Crippen LogP) is 3.26. The summed E-state index contributed by atoms with van der Waals surface area (Å²) < 4.78 is 0. The zero-order valence-electron chi connectivity index (χ0n) is 8.08. The van der Waals surface area contributed by atoms with Crippen molar-refractivity contribution in [2.24, 2.45) is 5.92 Å². The second kappa shape index (κ2) is 12.6. The van der Waals surface area contributed by atoms with Gasteiger partial charge in [-0.1, -0.05) is 39.0 Å². The lowest BCUT2D eigenvalue weighted by Gasteiger charge is -2.15. The zero-order chi connectivity index (χ0) is 9.82. The van der Waals surface area contributed by atoms with Gasteiger partial charge in [0.15, 0.2) is 0 Å². The molecular weight excluding hydrogens is 148 g/mol. The molecule has 1 saturated carbocycles. The van der Waals surface area contributed by atoms with Gasteiger partial charge >= 0.3 is 0 Å². The van der Waals surface area contributed by atoms with Gasteiger partial charge < -0.3 is 0 Å². The summed E-state index contributed by atoms with van der Waals surface area (Å²) in [5.41, 5.74) is 0. The van der Waals surface area contributed by atoms with Crippen molar-refractivity contribution in [2.45, 2.75) is 46.0 Å². The van der Waals surface area contributed by atoms with E-state index in [2.05, 4.69) is 13.5 Å². The minimum absolute atomic E-state index is 1.04. The molecule has 0 aromatic rings. The van der Waals surface area contributed by atoms with Crippen molar-refractivity contribution in [1.82, 2.24) is 0 Å². The highest BCUT2D eigenvalue weighted by Crippen LogP contribution is 2.21. The van der Waals surface area contributed by atoms with E-state index >= 15 is 0 Å². The SMILES string of the molecule is C#N.CC#N.CC1CCCCC1. The number of nitriles is 2. The third kappa shape index (κ3) is 11.7. The quantitative estimate of drug-likeness (QED) is 0.554. The van der Waals surface area contributed by atoms with Crippen LogP contribution in [-0.2, 0) is 0 Å². The minimum atomic E-state index is 1.04. The molecule has 0 saturated heterocycles. The van der Waals surface area contributed by atoms with E-state index in [9.17, 15) is 0 Å². The van der Waals surface area contributed by atoms with Crippen molar-refractivity contribution in [1.29, 1.82) is 10.5 Å². The van der Waals surface area contributed by atoms with Crippen LogP contribution < -0.4 is 0 Å². The van der Waals surface area contributed by atoms with Crippen LogP contribution in [0.3, 0.4) is 0 Å². The third-order valence-electron chi connectivity index (χ3n) is 1.89. The standard InChI is InChI=1S/C7H14.C2H3N.CHN/c1-7-5-3-2-4-6-7;1-2-3;1-2/h7H,2-6H2,1H3;1H3;1H.